The Balaban J connectivity index is 2.98. The summed E-state index contributed by atoms with van der Waals surface area (Å²) in [4.78, 5) is 9.68. The van der Waals surface area contributed by atoms with Gasteiger partial charge in [0, 0.05) is 6.42 Å². The van der Waals surface area contributed by atoms with Gasteiger partial charge in [-0.2, -0.15) is 0 Å². The highest BCUT2D eigenvalue weighted by Crippen LogP contribution is 1.99. The molecule has 0 aliphatic carbocycles. The van der Waals surface area contributed by atoms with Gasteiger partial charge in [-0.15, -0.1) is 11.8 Å². The Kier molecular flexibility index (Phi) is 4.14. The average molecular weight is 119 g/mol. The van der Waals surface area contributed by atoms with Crippen LogP contribution in [-0.4, -0.2) is 17.9 Å². The van der Waals surface area contributed by atoms with Crippen molar-refractivity contribution in [2.24, 2.45) is 5.73 Å². The van der Waals surface area contributed by atoms with Gasteiger partial charge < -0.3 is 10.5 Å². The summed E-state index contributed by atoms with van der Waals surface area (Å²) in [7, 11) is 0. The van der Waals surface area contributed by atoms with Gasteiger partial charge in [0.15, 0.2) is 0 Å². The molecule has 3 heteroatoms. The van der Waals surface area contributed by atoms with Gasteiger partial charge >= 0.3 is 0 Å². The molecule has 1 unspecified atom stereocenters. The van der Waals surface area contributed by atoms with Crippen molar-refractivity contribution in [2.45, 2.75) is 11.8 Å². The van der Waals surface area contributed by atoms with Gasteiger partial charge in [0.05, 0.1) is 5.37 Å². The number of rotatable bonds is 3. The lowest BCUT2D eigenvalue weighted by Gasteiger charge is -1.98. The lowest BCUT2D eigenvalue weighted by Crippen LogP contribution is -2.14. The molecule has 0 spiro atoms. The van der Waals surface area contributed by atoms with Crippen LogP contribution in [0.1, 0.15) is 6.42 Å². The first-order valence-corrected chi connectivity index (χ1v) is 3.32. The quantitative estimate of drug-likeness (QED) is 0.427. The van der Waals surface area contributed by atoms with E-state index in [1.807, 2.05) is 6.26 Å². The van der Waals surface area contributed by atoms with E-state index in [2.05, 4.69) is 0 Å². The second-order valence-electron chi connectivity index (χ2n) is 1.18. The van der Waals surface area contributed by atoms with Crippen molar-refractivity contribution in [1.29, 1.82) is 0 Å². The van der Waals surface area contributed by atoms with Crippen LogP contribution in [0.2, 0.25) is 0 Å². The summed E-state index contributed by atoms with van der Waals surface area (Å²) in [5, 5.41) is -0.00231. The summed E-state index contributed by atoms with van der Waals surface area (Å²) in [6.07, 6.45) is 3.18. The number of thioether (sulfide) groups is 1. The number of aldehydes is 1. The van der Waals surface area contributed by atoms with Gasteiger partial charge in [0.1, 0.15) is 6.29 Å². The first-order valence-electron chi connectivity index (χ1n) is 2.03. The third kappa shape index (κ3) is 3.82. The topological polar surface area (TPSA) is 43.1 Å². The molecule has 0 saturated carbocycles. The van der Waals surface area contributed by atoms with Crippen molar-refractivity contribution in [3.63, 3.8) is 0 Å². The highest BCUT2D eigenvalue weighted by molar-refractivity contribution is 7.99. The van der Waals surface area contributed by atoms with Crippen molar-refractivity contribution in [2.75, 3.05) is 6.26 Å². The summed E-state index contributed by atoms with van der Waals surface area (Å²) in [5.74, 6) is 0. The SMILES string of the molecule is CSC(N)CC=O. The molecule has 7 heavy (non-hydrogen) atoms. The molecule has 0 radical (unpaired) electrons. The van der Waals surface area contributed by atoms with Gasteiger partial charge in [0.25, 0.3) is 0 Å². The zero-order valence-corrected chi connectivity index (χ0v) is 5.07. The van der Waals surface area contributed by atoms with E-state index in [1.54, 1.807) is 0 Å². The smallest absolute Gasteiger partial charge is 0.122 e. The standard InChI is InChI=1S/C4H9NOS/c1-7-4(5)2-3-6/h3-4H,2,5H2,1H3. The molecule has 0 aromatic heterocycles. The Morgan fingerprint density at radius 3 is 2.71 bits per heavy atom. The zero-order chi connectivity index (χ0) is 5.70. The number of nitrogens with two attached hydrogens (primary N) is 1. The molecule has 0 bridgehead atoms. The van der Waals surface area contributed by atoms with Crippen LogP contribution in [0.15, 0.2) is 0 Å². The van der Waals surface area contributed by atoms with Gasteiger partial charge in [-0.25, -0.2) is 0 Å². The van der Waals surface area contributed by atoms with E-state index in [0.29, 0.717) is 6.42 Å². The molecule has 42 valence electrons. The van der Waals surface area contributed by atoms with Crippen molar-refractivity contribution in [1.82, 2.24) is 0 Å². The van der Waals surface area contributed by atoms with Crippen molar-refractivity contribution >= 4 is 18.0 Å². The van der Waals surface area contributed by atoms with Gasteiger partial charge in [-0.05, 0) is 6.26 Å². The molecule has 0 aliphatic rings. The number of hydrogen-bond donors (Lipinski definition) is 1. The molecule has 2 N–H and O–H groups in total. The van der Waals surface area contributed by atoms with Gasteiger partial charge in [0.2, 0.25) is 0 Å². The van der Waals surface area contributed by atoms with Crippen LogP contribution in [0.4, 0.5) is 0 Å². The number of carbonyl (C=O) groups is 1. The van der Waals surface area contributed by atoms with E-state index in [1.165, 1.54) is 11.8 Å². The third-order valence-electron chi connectivity index (χ3n) is 0.631. The van der Waals surface area contributed by atoms with Crippen molar-refractivity contribution in [3.05, 3.63) is 0 Å². The van der Waals surface area contributed by atoms with Gasteiger partial charge in [-0.3, -0.25) is 0 Å². The minimum Gasteiger partial charge on any atom is -0.319 e. The number of carbonyl (C=O) groups excluding carboxylic acids is 1. The lowest BCUT2D eigenvalue weighted by molar-refractivity contribution is -0.107. The fraction of sp³-hybridized carbons (Fsp3) is 0.750. The van der Waals surface area contributed by atoms with Crippen LogP contribution in [0.5, 0.6) is 0 Å². The normalized spacial score (nSPS) is 13.4. The van der Waals surface area contributed by atoms with Crippen LogP contribution in [0, 0.1) is 0 Å². The number of hydrogen-bond acceptors (Lipinski definition) is 3. The highest BCUT2D eigenvalue weighted by Gasteiger charge is 1.93. The third-order valence-corrected chi connectivity index (χ3v) is 1.43. The average Bonchev–Trinajstić information content (AvgIpc) is 1.68. The summed E-state index contributed by atoms with van der Waals surface area (Å²) in [6, 6.07) is 0. The second kappa shape index (κ2) is 4.15. The Morgan fingerprint density at radius 1 is 2.00 bits per heavy atom. The molecule has 0 fully saturated rings. The van der Waals surface area contributed by atoms with Gasteiger partial charge in [-0.1, -0.05) is 0 Å². The fourth-order valence-electron chi connectivity index (χ4n) is 0.191. The van der Waals surface area contributed by atoms with Crippen LogP contribution < -0.4 is 5.73 Å². The van der Waals surface area contributed by atoms with E-state index in [-0.39, 0.29) is 5.37 Å². The Morgan fingerprint density at radius 2 is 2.57 bits per heavy atom. The van der Waals surface area contributed by atoms with Crippen molar-refractivity contribution in [3.8, 4) is 0 Å². The summed E-state index contributed by atoms with van der Waals surface area (Å²) < 4.78 is 0. The molecular formula is C4H9NOS. The fourth-order valence-corrected chi connectivity index (χ4v) is 0.462. The molecule has 0 aromatic rings. The van der Waals surface area contributed by atoms with E-state index in [9.17, 15) is 4.79 Å². The summed E-state index contributed by atoms with van der Waals surface area (Å²) in [6.45, 7) is 0. The summed E-state index contributed by atoms with van der Waals surface area (Å²) >= 11 is 1.50. The largest absolute Gasteiger partial charge is 0.319 e. The van der Waals surface area contributed by atoms with Crippen LogP contribution in [0.25, 0.3) is 0 Å². The van der Waals surface area contributed by atoms with Crippen molar-refractivity contribution < 1.29 is 4.79 Å². The molecule has 0 saturated heterocycles. The summed E-state index contributed by atoms with van der Waals surface area (Å²) in [5.41, 5.74) is 5.32. The molecule has 0 aliphatic heterocycles. The molecule has 0 rings (SSSR count). The Bertz CT molecular complexity index is 57.7. The van der Waals surface area contributed by atoms with Crippen LogP contribution in [-0.2, 0) is 4.79 Å². The predicted molar refractivity (Wildman–Crippen MR) is 32.2 cm³/mol. The van der Waals surface area contributed by atoms with Crippen LogP contribution >= 0.6 is 11.8 Å². The van der Waals surface area contributed by atoms with Crippen LogP contribution in [0.3, 0.4) is 0 Å². The first-order chi connectivity index (χ1) is 3.31. The molecular weight excluding hydrogens is 110 g/mol. The Hall–Kier alpha value is -0.0200. The predicted octanol–water partition coefficient (Wildman–Crippen LogP) is 0.223. The second-order valence-corrected chi connectivity index (χ2v) is 2.25. The zero-order valence-electron chi connectivity index (χ0n) is 4.26. The monoisotopic (exact) mass is 119 g/mol. The van der Waals surface area contributed by atoms with E-state index in [0.717, 1.165) is 6.29 Å². The van der Waals surface area contributed by atoms with E-state index in [4.69, 9.17) is 5.73 Å². The molecule has 0 aromatic carbocycles. The minimum absolute atomic E-state index is 0.00231. The minimum atomic E-state index is -0.00231. The molecule has 1 atom stereocenters. The van der Waals surface area contributed by atoms with E-state index < -0.39 is 0 Å². The molecule has 0 amide bonds. The first kappa shape index (κ1) is 6.98. The highest BCUT2D eigenvalue weighted by atomic mass is 32.2. The molecule has 0 heterocycles. The Labute approximate surface area is 47.5 Å². The lowest BCUT2D eigenvalue weighted by atomic mass is 10.5. The maximum Gasteiger partial charge on any atom is 0.122 e. The van der Waals surface area contributed by atoms with E-state index >= 15 is 0 Å². The molecule has 2 nitrogen and oxygen atoms in total. The maximum absolute atomic E-state index is 9.68. The maximum atomic E-state index is 9.68.